The van der Waals surface area contributed by atoms with Crippen LogP contribution in [0.4, 0.5) is 0 Å². The highest BCUT2D eigenvalue weighted by molar-refractivity contribution is 6.21. The molecule has 1 aromatic carbocycles. The Morgan fingerprint density at radius 2 is 2.07 bits per heavy atom. The maximum absolute atomic E-state index is 6.31. The zero-order valence-electron chi connectivity index (χ0n) is 9.16. The van der Waals surface area contributed by atoms with Crippen LogP contribution in [0.2, 0.25) is 0 Å². The lowest BCUT2D eigenvalue weighted by molar-refractivity contribution is -0.00921. The van der Waals surface area contributed by atoms with Crippen molar-refractivity contribution in [1.29, 1.82) is 0 Å². The Bertz CT molecular complexity index is 365. The highest BCUT2D eigenvalue weighted by atomic mass is 35.5. The van der Waals surface area contributed by atoms with Crippen LogP contribution in [-0.4, -0.2) is 13.2 Å². The molecule has 0 N–H and O–H groups in total. The van der Waals surface area contributed by atoms with Gasteiger partial charge in [-0.3, -0.25) is 0 Å². The molecule has 0 unspecified atom stereocenters. The van der Waals surface area contributed by atoms with Crippen molar-refractivity contribution in [2.24, 2.45) is 0 Å². The predicted molar refractivity (Wildman–Crippen MR) is 60.6 cm³/mol. The first-order chi connectivity index (χ1) is 7.15. The molecule has 1 heterocycles. The molecule has 1 aliphatic rings. The highest BCUT2D eigenvalue weighted by Crippen LogP contribution is 2.43. The fraction of sp³-hybridized carbons (Fsp3) is 0.500. The van der Waals surface area contributed by atoms with Crippen LogP contribution in [0.1, 0.15) is 36.5 Å². The second-order valence-corrected chi connectivity index (χ2v) is 4.32. The van der Waals surface area contributed by atoms with E-state index >= 15 is 0 Å². The molecule has 2 rings (SSSR count). The van der Waals surface area contributed by atoms with Crippen LogP contribution in [0.5, 0.6) is 5.75 Å². The van der Waals surface area contributed by atoms with E-state index in [1.807, 2.05) is 32.0 Å². The van der Waals surface area contributed by atoms with Gasteiger partial charge in [0.05, 0.1) is 24.7 Å². The van der Waals surface area contributed by atoms with Crippen molar-refractivity contribution in [3.8, 4) is 5.75 Å². The van der Waals surface area contributed by atoms with E-state index in [9.17, 15) is 0 Å². The van der Waals surface area contributed by atoms with Gasteiger partial charge >= 0.3 is 0 Å². The van der Waals surface area contributed by atoms with E-state index in [0.717, 1.165) is 16.9 Å². The fourth-order valence-corrected chi connectivity index (χ4v) is 2.38. The zero-order valence-corrected chi connectivity index (χ0v) is 9.91. The van der Waals surface area contributed by atoms with E-state index in [2.05, 4.69) is 0 Å². The first-order valence-electron chi connectivity index (χ1n) is 5.11. The third-order valence-corrected chi connectivity index (χ3v) is 3.44. The standard InChI is InChI=1S/C12H15ClO2/c1-7-11-9(12(13)8(2)15-7)5-4-6-10(11)14-3/h4-8,12H,1-3H3/t7-,8-,12-/m0/s1. The van der Waals surface area contributed by atoms with Gasteiger partial charge in [-0.25, -0.2) is 0 Å². The fourth-order valence-electron chi connectivity index (χ4n) is 2.13. The molecule has 15 heavy (non-hydrogen) atoms. The second kappa shape index (κ2) is 4.03. The Morgan fingerprint density at radius 3 is 2.73 bits per heavy atom. The van der Waals surface area contributed by atoms with Gasteiger partial charge < -0.3 is 9.47 Å². The molecule has 3 atom stereocenters. The monoisotopic (exact) mass is 226 g/mol. The predicted octanol–water partition coefficient (Wildman–Crippen LogP) is 3.45. The smallest absolute Gasteiger partial charge is 0.124 e. The Morgan fingerprint density at radius 1 is 1.33 bits per heavy atom. The summed E-state index contributed by atoms with van der Waals surface area (Å²) in [5.74, 6) is 0.859. The summed E-state index contributed by atoms with van der Waals surface area (Å²) in [4.78, 5) is 0. The van der Waals surface area contributed by atoms with E-state index in [1.54, 1.807) is 7.11 Å². The first kappa shape index (κ1) is 10.8. The molecule has 82 valence electrons. The van der Waals surface area contributed by atoms with Gasteiger partial charge in [-0.1, -0.05) is 12.1 Å². The number of halogens is 1. The lowest BCUT2D eigenvalue weighted by Gasteiger charge is -2.33. The van der Waals surface area contributed by atoms with Gasteiger partial charge in [-0.15, -0.1) is 11.6 Å². The lowest BCUT2D eigenvalue weighted by atomic mass is 9.94. The van der Waals surface area contributed by atoms with Crippen LogP contribution in [0.15, 0.2) is 18.2 Å². The van der Waals surface area contributed by atoms with Crippen molar-refractivity contribution in [1.82, 2.24) is 0 Å². The minimum Gasteiger partial charge on any atom is -0.496 e. The van der Waals surface area contributed by atoms with E-state index in [1.165, 1.54) is 0 Å². The molecule has 0 aromatic heterocycles. The largest absolute Gasteiger partial charge is 0.496 e. The summed E-state index contributed by atoms with van der Waals surface area (Å²) >= 11 is 6.31. The highest BCUT2D eigenvalue weighted by Gasteiger charge is 2.31. The van der Waals surface area contributed by atoms with Crippen LogP contribution in [-0.2, 0) is 4.74 Å². The maximum Gasteiger partial charge on any atom is 0.124 e. The third kappa shape index (κ3) is 1.72. The molecule has 0 saturated carbocycles. The number of methoxy groups -OCH3 is 1. The summed E-state index contributed by atoms with van der Waals surface area (Å²) in [5.41, 5.74) is 2.21. The molecule has 0 spiro atoms. The molecule has 2 nitrogen and oxygen atoms in total. The number of ether oxygens (including phenoxy) is 2. The summed E-state index contributed by atoms with van der Waals surface area (Å²) in [7, 11) is 1.67. The summed E-state index contributed by atoms with van der Waals surface area (Å²) in [6.45, 7) is 4.03. The van der Waals surface area contributed by atoms with Crippen molar-refractivity contribution in [2.45, 2.75) is 31.4 Å². The van der Waals surface area contributed by atoms with Crippen molar-refractivity contribution >= 4 is 11.6 Å². The third-order valence-electron chi connectivity index (χ3n) is 2.85. The molecule has 1 aliphatic heterocycles. The molecule has 0 fully saturated rings. The SMILES string of the molecule is COc1cccc2c1[C@H](C)O[C@@H](C)[C@@H]2Cl. The first-order valence-corrected chi connectivity index (χ1v) is 5.55. The molecule has 0 amide bonds. The molecule has 0 radical (unpaired) electrons. The van der Waals surface area contributed by atoms with Crippen LogP contribution in [0.25, 0.3) is 0 Å². The lowest BCUT2D eigenvalue weighted by Crippen LogP contribution is -2.24. The van der Waals surface area contributed by atoms with Gasteiger partial charge in [-0.2, -0.15) is 0 Å². The molecule has 0 saturated heterocycles. The van der Waals surface area contributed by atoms with E-state index in [0.29, 0.717) is 0 Å². The number of hydrogen-bond acceptors (Lipinski definition) is 2. The number of fused-ring (bicyclic) bond motifs is 1. The molecule has 3 heteroatoms. The van der Waals surface area contributed by atoms with Crippen LogP contribution >= 0.6 is 11.6 Å². The van der Waals surface area contributed by atoms with Crippen molar-refractivity contribution < 1.29 is 9.47 Å². The van der Waals surface area contributed by atoms with E-state index < -0.39 is 0 Å². The van der Waals surface area contributed by atoms with Crippen molar-refractivity contribution in [2.75, 3.05) is 7.11 Å². The zero-order chi connectivity index (χ0) is 11.0. The van der Waals surface area contributed by atoms with Gasteiger partial charge in [-0.05, 0) is 25.5 Å². The minimum atomic E-state index is -0.0914. The van der Waals surface area contributed by atoms with Gasteiger partial charge in [0.1, 0.15) is 5.75 Å². The average molecular weight is 227 g/mol. The molecule has 0 aliphatic carbocycles. The van der Waals surface area contributed by atoms with Gasteiger partial charge in [0, 0.05) is 5.56 Å². The summed E-state index contributed by atoms with van der Waals surface area (Å²) in [5, 5.41) is -0.0914. The Balaban J connectivity index is 2.54. The normalized spacial score (nSPS) is 29.7. The summed E-state index contributed by atoms with van der Waals surface area (Å²) < 4.78 is 11.1. The Labute approximate surface area is 95.1 Å². The van der Waals surface area contributed by atoms with E-state index in [-0.39, 0.29) is 17.6 Å². The number of alkyl halides is 1. The van der Waals surface area contributed by atoms with Gasteiger partial charge in [0.2, 0.25) is 0 Å². The average Bonchev–Trinajstić information content (AvgIpc) is 2.25. The minimum absolute atomic E-state index is 0.0427. The topological polar surface area (TPSA) is 18.5 Å². The van der Waals surface area contributed by atoms with Crippen molar-refractivity contribution in [3.63, 3.8) is 0 Å². The molecular weight excluding hydrogens is 212 g/mol. The number of benzene rings is 1. The quantitative estimate of drug-likeness (QED) is 0.683. The molecule has 1 aromatic rings. The Kier molecular flexibility index (Phi) is 2.89. The summed E-state index contributed by atoms with van der Waals surface area (Å²) in [6.07, 6.45) is 0.0856. The van der Waals surface area contributed by atoms with Crippen LogP contribution in [0.3, 0.4) is 0 Å². The van der Waals surface area contributed by atoms with Gasteiger partial charge in [0.25, 0.3) is 0 Å². The number of rotatable bonds is 1. The van der Waals surface area contributed by atoms with Crippen LogP contribution < -0.4 is 4.74 Å². The maximum atomic E-state index is 6.31. The summed E-state index contributed by atoms with van der Waals surface area (Å²) in [6, 6.07) is 5.96. The second-order valence-electron chi connectivity index (χ2n) is 3.85. The molecular formula is C12H15ClO2. The van der Waals surface area contributed by atoms with Crippen LogP contribution in [0, 0.1) is 0 Å². The number of hydrogen-bond donors (Lipinski definition) is 0. The Hall–Kier alpha value is -0.730. The molecule has 0 bridgehead atoms. The van der Waals surface area contributed by atoms with Crippen molar-refractivity contribution in [3.05, 3.63) is 29.3 Å². The van der Waals surface area contributed by atoms with E-state index in [4.69, 9.17) is 21.1 Å². The van der Waals surface area contributed by atoms with Gasteiger partial charge in [0.15, 0.2) is 0 Å².